The molecule has 0 bridgehead atoms. The van der Waals surface area contributed by atoms with E-state index in [1.54, 1.807) is 5.57 Å². The van der Waals surface area contributed by atoms with Crippen molar-refractivity contribution in [1.29, 1.82) is 0 Å². The van der Waals surface area contributed by atoms with Gasteiger partial charge in [0.15, 0.2) is 0 Å². The third-order valence-corrected chi connectivity index (χ3v) is 5.29. The van der Waals surface area contributed by atoms with Gasteiger partial charge in [-0.1, -0.05) is 25.5 Å². The summed E-state index contributed by atoms with van der Waals surface area (Å²) in [5.41, 5.74) is 2.17. The molecule has 0 aromatic rings. The first-order chi connectivity index (χ1) is 7.57. The fourth-order valence-electron chi connectivity index (χ4n) is 3.87. The van der Waals surface area contributed by atoms with Gasteiger partial charge in [0.2, 0.25) is 0 Å². The molecule has 16 heavy (non-hydrogen) atoms. The molecule has 92 valence electrons. The second-order valence-electron chi connectivity index (χ2n) is 6.39. The lowest BCUT2D eigenvalue weighted by atomic mass is 9.57. The third kappa shape index (κ3) is 2.07. The van der Waals surface area contributed by atoms with Gasteiger partial charge >= 0.3 is 0 Å². The summed E-state index contributed by atoms with van der Waals surface area (Å²) in [6, 6.07) is 0. The topological polar surface area (TPSA) is 20.2 Å². The Balaban J connectivity index is 2.12. The molecule has 2 aliphatic carbocycles. The lowest BCUT2D eigenvalue weighted by molar-refractivity contribution is 0.0520. The first kappa shape index (κ1) is 12.2. The highest BCUT2D eigenvalue weighted by Crippen LogP contribution is 2.53. The third-order valence-electron chi connectivity index (χ3n) is 5.29. The van der Waals surface area contributed by atoms with Gasteiger partial charge in [0.1, 0.15) is 0 Å². The van der Waals surface area contributed by atoms with E-state index in [4.69, 9.17) is 0 Å². The first-order valence-corrected chi connectivity index (χ1v) is 6.84. The maximum Gasteiger partial charge on any atom is 0.0459 e. The highest BCUT2D eigenvalue weighted by Gasteiger charge is 2.42. The fourth-order valence-corrected chi connectivity index (χ4v) is 3.87. The van der Waals surface area contributed by atoms with E-state index in [0.717, 1.165) is 11.8 Å². The minimum atomic E-state index is 0.358. The van der Waals surface area contributed by atoms with E-state index in [2.05, 4.69) is 26.8 Å². The van der Waals surface area contributed by atoms with Gasteiger partial charge in [-0.2, -0.15) is 0 Å². The van der Waals surface area contributed by atoms with E-state index < -0.39 is 0 Å². The Kier molecular flexibility index (Phi) is 3.44. The highest BCUT2D eigenvalue weighted by atomic mass is 16.3. The van der Waals surface area contributed by atoms with Crippen LogP contribution in [0.5, 0.6) is 0 Å². The van der Waals surface area contributed by atoms with Crippen LogP contribution in [-0.4, -0.2) is 11.7 Å². The van der Waals surface area contributed by atoms with Gasteiger partial charge < -0.3 is 5.11 Å². The molecule has 1 fully saturated rings. The maximum atomic E-state index is 9.30. The Hall–Kier alpha value is -0.300. The van der Waals surface area contributed by atoms with Crippen molar-refractivity contribution in [1.82, 2.24) is 0 Å². The number of fused-ring (bicyclic) bond motifs is 1. The van der Waals surface area contributed by atoms with Crippen LogP contribution in [0.3, 0.4) is 0 Å². The number of hydrogen-bond donors (Lipinski definition) is 1. The van der Waals surface area contributed by atoms with Gasteiger partial charge in [-0.05, 0) is 62.2 Å². The van der Waals surface area contributed by atoms with Crippen LogP contribution in [0.25, 0.3) is 0 Å². The van der Waals surface area contributed by atoms with Crippen LogP contribution >= 0.6 is 0 Å². The van der Waals surface area contributed by atoms with Crippen LogP contribution in [0.2, 0.25) is 0 Å². The molecule has 1 unspecified atom stereocenters. The quantitative estimate of drug-likeness (QED) is 0.705. The van der Waals surface area contributed by atoms with Gasteiger partial charge in [-0.15, -0.1) is 0 Å². The van der Waals surface area contributed by atoms with Crippen molar-refractivity contribution in [3.8, 4) is 0 Å². The molecule has 0 radical (unpaired) electrons. The average molecular weight is 222 g/mol. The van der Waals surface area contributed by atoms with Gasteiger partial charge in [0.05, 0.1) is 0 Å². The minimum absolute atomic E-state index is 0.358. The van der Waals surface area contributed by atoms with Crippen molar-refractivity contribution >= 4 is 0 Å². The molecule has 0 heterocycles. The molecule has 1 saturated carbocycles. The molecule has 0 amide bonds. The molecule has 1 nitrogen and oxygen atoms in total. The van der Waals surface area contributed by atoms with E-state index >= 15 is 0 Å². The van der Waals surface area contributed by atoms with Crippen LogP contribution in [0, 0.1) is 23.2 Å². The number of aliphatic hydroxyl groups excluding tert-OH is 1. The van der Waals surface area contributed by atoms with E-state index in [0.29, 0.717) is 17.9 Å². The van der Waals surface area contributed by atoms with Crippen LogP contribution in [0.4, 0.5) is 0 Å². The van der Waals surface area contributed by atoms with Crippen molar-refractivity contribution < 1.29 is 5.11 Å². The Bertz CT molecular complexity index is 281. The van der Waals surface area contributed by atoms with Crippen LogP contribution in [0.1, 0.15) is 52.9 Å². The van der Waals surface area contributed by atoms with Crippen molar-refractivity contribution in [3.05, 3.63) is 11.6 Å². The normalized spacial score (nSPS) is 41.1. The molecule has 0 aliphatic heterocycles. The second kappa shape index (κ2) is 4.52. The summed E-state index contributed by atoms with van der Waals surface area (Å²) >= 11 is 0. The van der Waals surface area contributed by atoms with Gasteiger partial charge in [0, 0.05) is 6.61 Å². The summed E-state index contributed by atoms with van der Waals surface area (Å²) in [6.07, 6.45) is 9.08. The van der Waals surface area contributed by atoms with Crippen molar-refractivity contribution in [3.63, 3.8) is 0 Å². The monoisotopic (exact) mass is 222 g/mol. The van der Waals surface area contributed by atoms with Gasteiger partial charge in [-0.3, -0.25) is 0 Å². The van der Waals surface area contributed by atoms with E-state index in [-0.39, 0.29) is 0 Å². The minimum Gasteiger partial charge on any atom is -0.396 e. The second-order valence-corrected chi connectivity index (χ2v) is 6.39. The van der Waals surface area contributed by atoms with E-state index in [1.165, 1.54) is 32.1 Å². The van der Waals surface area contributed by atoms with Gasteiger partial charge in [0.25, 0.3) is 0 Å². The predicted octanol–water partition coefficient (Wildman–Crippen LogP) is 3.78. The van der Waals surface area contributed by atoms with Gasteiger partial charge in [-0.25, -0.2) is 0 Å². The van der Waals surface area contributed by atoms with Crippen LogP contribution in [-0.2, 0) is 0 Å². The lowest BCUT2D eigenvalue weighted by Crippen LogP contribution is -2.38. The summed E-state index contributed by atoms with van der Waals surface area (Å²) in [6.45, 7) is 7.36. The van der Waals surface area contributed by atoms with E-state index in [1.807, 2.05) is 0 Å². The van der Waals surface area contributed by atoms with Crippen LogP contribution < -0.4 is 0 Å². The lowest BCUT2D eigenvalue weighted by Gasteiger charge is -2.48. The highest BCUT2D eigenvalue weighted by molar-refractivity contribution is 5.14. The standard InChI is InChI=1S/C15H26O/c1-11-5-4-7-15(3)8-6-13(9-14(11)15)12(2)10-16/h5,12-14,16H,4,6-10H2,1-3H3/t12?,13-,14+,15-/m0/s1. The molecule has 0 aromatic heterocycles. The summed E-state index contributed by atoms with van der Waals surface area (Å²) in [4.78, 5) is 0. The predicted molar refractivity (Wildman–Crippen MR) is 68.2 cm³/mol. The summed E-state index contributed by atoms with van der Waals surface area (Å²) in [5, 5.41) is 9.30. The molecule has 0 aromatic carbocycles. The fraction of sp³-hybridized carbons (Fsp3) is 0.867. The zero-order valence-corrected chi connectivity index (χ0v) is 11.0. The summed E-state index contributed by atoms with van der Waals surface area (Å²) in [5.74, 6) is 2.01. The van der Waals surface area contributed by atoms with Crippen LogP contribution in [0.15, 0.2) is 11.6 Å². The number of rotatable bonds is 2. The Morgan fingerprint density at radius 1 is 1.50 bits per heavy atom. The molecule has 2 aliphatic rings. The Labute approximate surface area is 99.9 Å². The van der Waals surface area contributed by atoms with E-state index in [9.17, 15) is 5.11 Å². The molecule has 4 atom stereocenters. The largest absolute Gasteiger partial charge is 0.396 e. The smallest absolute Gasteiger partial charge is 0.0459 e. The Morgan fingerprint density at radius 3 is 2.94 bits per heavy atom. The molecule has 1 N–H and O–H groups in total. The molecular formula is C15H26O. The van der Waals surface area contributed by atoms with Crippen molar-refractivity contribution in [2.45, 2.75) is 52.9 Å². The average Bonchev–Trinajstić information content (AvgIpc) is 2.27. The number of hydrogen-bond acceptors (Lipinski definition) is 1. The number of allylic oxidation sites excluding steroid dienone is 2. The van der Waals surface area contributed by atoms with Crippen molar-refractivity contribution in [2.75, 3.05) is 6.61 Å². The molecule has 1 heteroatoms. The zero-order chi connectivity index (χ0) is 11.8. The first-order valence-electron chi connectivity index (χ1n) is 6.84. The summed E-state index contributed by atoms with van der Waals surface area (Å²) in [7, 11) is 0. The molecule has 2 rings (SSSR count). The number of aliphatic hydroxyl groups is 1. The molecular weight excluding hydrogens is 196 g/mol. The molecule has 0 saturated heterocycles. The SMILES string of the molecule is CC1=CCC[C@@]2(C)CC[C@H](C(C)CO)C[C@H]12. The summed E-state index contributed by atoms with van der Waals surface area (Å²) < 4.78 is 0. The maximum absolute atomic E-state index is 9.30. The Morgan fingerprint density at radius 2 is 2.25 bits per heavy atom. The zero-order valence-electron chi connectivity index (χ0n) is 11.0. The van der Waals surface area contributed by atoms with Crippen molar-refractivity contribution in [2.24, 2.45) is 23.2 Å². The molecule has 0 spiro atoms.